The number of aromatic nitrogens is 4. The van der Waals surface area contributed by atoms with E-state index in [0.717, 1.165) is 12.3 Å². The average molecular weight is 535 g/mol. The van der Waals surface area contributed by atoms with Gasteiger partial charge >= 0.3 is 6.30 Å². The van der Waals surface area contributed by atoms with Crippen molar-refractivity contribution in [3.63, 3.8) is 0 Å². The molecule has 0 saturated carbocycles. The lowest BCUT2D eigenvalue weighted by molar-refractivity contribution is -0.203. The second-order valence-electron chi connectivity index (χ2n) is 8.62. The summed E-state index contributed by atoms with van der Waals surface area (Å²) >= 11 is 6.06. The maximum atomic E-state index is 14.0. The highest BCUT2D eigenvalue weighted by Gasteiger charge is 2.39. The van der Waals surface area contributed by atoms with Crippen molar-refractivity contribution in [2.45, 2.75) is 11.9 Å². The molecule has 0 radical (unpaired) electrons. The van der Waals surface area contributed by atoms with Gasteiger partial charge in [-0.3, -0.25) is 9.78 Å². The number of imidazole rings is 1. The molecule has 1 unspecified atom stereocenters. The van der Waals surface area contributed by atoms with Gasteiger partial charge in [0.1, 0.15) is 0 Å². The lowest BCUT2D eigenvalue weighted by atomic mass is 9.86. The maximum Gasteiger partial charge on any atom is 0.491 e. The molecule has 10 heteroatoms. The summed E-state index contributed by atoms with van der Waals surface area (Å²) in [7, 11) is 1.67. The average Bonchev–Trinajstić information content (AvgIpc) is 3.33. The molecule has 0 fully saturated rings. The molecule has 190 valence electrons. The monoisotopic (exact) mass is 534 g/mol. The number of terminal acetylenes is 1. The van der Waals surface area contributed by atoms with Gasteiger partial charge in [-0.1, -0.05) is 41.8 Å². The molecular weight excluding hydrogens is 517 g/mol. The van der Waals surface area contributed by atoms with Gasteiger partial charge in [-0.25, -0.2) is 9.55 Å². The summed E-state index contributed by atoms with van der Waals surface area (Å²) in [4.78, 5) is 21.0. The lowest BCUT2D eigenvalue weighted by Gasteiger charge is -2.29. The number of hydrogen-bond donors (Lipinski definition) is 1. The Hall–Kier alpha value is -4.39. The van der Waals surface area contributed by atoms with Gasteiger partial charge in [-0.2, -0.15) is 0 Å². The number of halogens is 4. The van der Waals surface area contributed by atoms with Crippen molar-refractivity contribution in [2.24, 2.45) is 7.05 Å². The first-order valence-electron chi connectivity index (χ1n) is 11.2. The number of fused-ring (bicyclic) bond motifs is 1. The van der Waals surface area contributed by atoms with Gasteiger partial charge in [0.25, 0.3) is 5.56 Å². The van der Waals surface area contributed by atoms with E-state index in [2.05, 4.69) is 15.9 Å². The number of aliphatic hydroxyl groups is 1. The molecular formula is C28H18ClF3N4O2. The van der Waals surface area contributed by atoms with Crippen LogP contribution in [0, 0.1) is 12.3 Å². The van der Waals surface area contributed by atoms with Gasteiger partial charge in [-0.05, 0) is 47.0 Å². The van der Waals surface area contributed by atoms with Crippen LogP contribution in [0.25, 0.3) is 22.0 Å². The zero-order valence-electron chi connectivity index (χ0n) is 19.7. The Balaban J connectivity index is 1.89. The number of nitrogens with zero attached hydrogens (tertiary/aromatic N) is 4. The topological polar surface area (TPSA) is 72.9 Å². The molecule has 3 heterocycles. The Kier molecular flexibility index (Phi) is 6.10. The van der Waals surface area contributed by atoms with Crippen LogP contribution in [0.15, 0.2) is 84.2 Å². The van der Waals surface area contributed by atoms with Gasteiger partial charge in [0.15, 0.2) is 5.60 Å². The van der Waals surface area contributed by atoms with Crippen LogP contribution in [0.1, 0.15) is 22.5 Å². The van der Waals surface area contributed by atoms with Crippen LogP contribution in [-0.2, 0) is 18.9 Å². The molecule has 6 nitrogen and oxygen atoms in total. The standard InChI is InChI=1S/C28H18ClF3N4O2/c1-3-17-5-4-6-18(11-17)21-13-26(37)36(28(30,31)32)23-14-34-24(12-22(21)23)27(38,25-15-33-16-35(25)2)19-7-9-20(29)10-8-19/h1,4-16,38H,2H3. The van der Waals surface area contributed by atoms with Gasteiger partial charge < -0.3 is 9.67 Å². The zero-order valence-corrected chi connectivity index (χ0v) is 20.5. The lowest BCUT2D eigenvalue weighted by Crippen LogP contribution is -2.33. The van der Waals surface area contributed by atoms with E-state index in [9.17, 15) is 23.1 Å². The van der Waals surface area contributed by atoms with E-state index in [1.54, 1.807) is 60.1 Å². The second-order valence-corrected chi connectivity index (χ2v) is 9.05. The normalized spacial score (nSPS) is 13.3. The highest BCUT2D eigenvalue weighted by Crippen LogP contribution is 2.39. The van der Waals surface area contributed by atoms with Crippen LogP contribution >= 0.6 is 11.6 Å². The van der Waals surface area contributed by atoms with E-state index in [-0.39, 0.29) is 21.2 Å². The van der Waals surface area contributed by atoms with Crippen LogP contribution < -0.4 is 5.56 Å². The zero-order chi connectivity index (χ0) is 27.2. The Bertz CT molecular complexity index is 1790. The minimum Gasteiger partial charge on any atom is -0.373 e. The largest absolute Gasteiger partial charge is 0.491 e. The fraction of sp³-hybridized carbons (Fsp3) is 0.107. The molecule has 5 rings (SSSR count). The molecule has 0 spiro atoms. The molecule has 0 bridgehead atoms. The predicted octanol–water partition coefficient (Wildman–Crippen LogP) is 5.19. The molecule has 0 aliphatic rings. The van der Waals surface area contributed by atoms with Crippen LogP contribution in [-0.4, -0.2) is 24.2 Å². The van der Waals surface area contributed by atoms with E-state index in [0.29, 0.717) is 27.4 Å². The smallest absolute Gasteiger partial charge is 0.373 e. The summed E-state index contributed by atoms with van der Waals surface area (Å²) in [6, 6.07) is 15.1. The third kappa shape index (κ3) is 4.14. The molecule has 3 aromatic heterocycles. The van der Waals surface area contributed by atoms with E-state index in [1.165, 1.54) is 18.6 Å². The first kappa shape index (κ1) is 25.3. The molecule has 2 aromatic carbocycles. The number of hydrogen-bond acceptors (Lipinski definition) is 4. The van der Waals surface area contributed by atoms with Crippen LogP contribution in [0.5, 0.6) is 0 Å². The number of rotatable bonds is 4. The molecule has 1 N–H and O–H groups in total. The van der Waals surface area contributed by atoms with Crippen molar-refractivity contribution < 1.29 is 18.3 Å². The first-order valence-corrected chi connectivity index (χ1v) is 11.6. The first-order chi connectivity index (χ1) is 18.0. The molecule has 38 heavy (non-hydrogen) atoms. The van der Waals surface area contributed by atoms with Crippen molar-refractivity contribution in [1.29, 1.82) is 0 Å². The maximum absolute atomic E-state index is 14.0. The van der Waals surface area contributed by atoms with Gasteiger partial charge in [0.2, 0.25) is 0 Å². The minimum atomic E-state index is -5.01. The third-order valence-electron chi connectivity index (χ3n) is 6.32. The highest BCUT2D eigenvalue weighted by atomic mass is 35.5. The summed E-state index contributed by atoms with van der Waals surface area (Å²) in [5, 5.41) is 12.7. The fourth-order valence-electron chi connectivity index (χ4n) is 4.53. The fourth-order valence-corrected chi connectivity index (χ4v) is 4.65. The molecule has 0 saturated heterocycles. The van der Waals surface area contributed by atoms with Crippen LogP contribution in [0.4, 0.5) is 13.2 Å². The highest BCUT2D eigenvalue weighted by molar-refractivity contribution is 6.30. The van der Waals surface area contributed by atoms with Gasteiger partial charge in [0.05, 0.1) is 35.6 Å². The number of pyridine rings is 2. The summed E-state index contributed by atoms with van der Waals surface area (Å²) < 4.78 is 43.2. The van der Waals surface area contributed by atoms with Crippen molar-refractivity contribution >= 4 is 22.5 Å². The van der Waals surface area contributed by atoms with Crippen molar-refractivity contribution in [2.75, 3.05) is 0 Å². The van der Waals surface area contributed by atoms with Crippen LogP contribution in [0.3, 0.4) is 0 Å². The van der Waals surface area contributed by atoms with Crippen molar-refractivity contribution in [3.05, 3.63) is 117 Å². The Morgan fingerprint density at radius 1 is 1.05 bits per heavy atom. The molecule has 0 aliphatic carbocycles. The molecule has 5 aromatic rings. The summed E-state index contributed by atoms with van der Waals surface area (Å²) in [5.74, 6) is 2.49. The van der Waals surface area contributed by atoms with Gasteiger partial charge in [0, 0.05) is 29.1 Å². The van der Waals surface area contributed by atoms with E-state index in [4.69, 9.17) is 18.0 Å². The van der Waals surface area contributed by atoms with E-state index >= 15 is 0 Å². The second kappa shape index (κ2) is 9.17. The number of alkyl halides is 3. The summed E-state index contributed by atoms with van der Waals surface area (Å²) in [5.41, 5.74) is -1.88. The summed E-state index contributed by atoms with van der Waals surface area (Å²) in [6.45, 7) is 0. The molecule has 0 amide bonds. The molecule has 0 aliphatic heterocycles. The van der Waals surface area contributed by atoms with Crippen molar-refractivity contribution in [3.8, 4) is 23.5 Å². The Labute approximate surface area is 219 Å². The van der Waals surface area contributed by atoms with E-state index < -0.39 is 23.0 Å². The predicted molar refractivity (Wildman–Crippen MR) is 137 cm³/mol. The Morgan fingerprint density at radius 3 is 2.42 bits per heavy atom. The minimum absolute atomic E-state index is 0.0117. The SMILES string of the molecule is C#Cc1cccc(-c2cc(=O)n(C(F)(F)F)c3cnc(C(O)(c4ccc(Cl)cc4)c4cncn4C)cc23)c1. The number of benzene rings is 2. The van der Waals surface area contributed by atoms with E-state index in [1.807, 2.05) is 0 Å². The van der Waals surface area contributed by atoms with Crippen LogP contribution in [0.2, 0.25) is 5.02 Å². The van der Waals surface area contributed by atoms with Gasteiger partial charge in [-0.15, -0.1) is 19.6 Å². The summed E-state index contributed by atoms with van der Waals surface area (Å²) in [6.07, 6.45) is 4.37. The molecule has 1 atom stereocenters. The third-order valence-corrected chi connectivity index (χ3v) is 6.57. The number of aryl methyl sites for hydroxylation is 1. The quantitative estimate of drug-likeness (QED) is 0.322. The van der Waals surface area contributed by atoms with Crippen molar-refractivity contribution in [1.82, 2.24) is 19.1 Å². The Morgan fingerprint density at radius 2 is 1.79 bits per heavy atom.